The van der Waals surface area contributed by atoms with Crippen LogP contribution >= 0.6 is 0 Å². The molecule has 7 nitrogen and oxygen atoms in total. The molecular formula is C22H29N3O4S. The molecule has 0 heterocycles. The largest absolute Gasteiger partial charge is 0.490 e. The van der Waals surface area contributed by atoms with Crippen LogP contribution in [-0.2, 0) is 28.9 Å². The standard InChI is InChI=1S/C22H29N3O4S/c1-23-30(27,28)16-19-8-6-17(7-9-19)14-24-22(26)25-15-18-10-12-21(13-11-18)29-20-4-2-3-5-20/h6-13,20,23H,2-5,14-16H2,1H3,(H2,24,25,26). The van der Waals surface area contributed by atoms with E-state index in [1.165, 1.54) is 19.9 Å². The number of ether oxygens (including phenoxy) is 1. The van der Waals surface area contributed by atoms with E-state index in [4.69, 9.17) is 4.74 Å². The van der Waals surface area contributed by atoms with E-state index < -0.39 is 10.0 Å². The Balaban J connectivity index is 1.39. The number of nitrogens with one attached hydrogen (secondary N) is 3. The normalized spacial score (nSPS) is 14.4. The smallest absolute Gasteiger partial charge is 0.315 e. The Labute approximate surface area is 178 Å². The molecule has 0 spiro atoms. The SMILES string of the molecule is CNS(=O)(=O)Cc1ccc(CNC(=O)NCc2ccc(OC3CCCC3)cc2)cc1. The van der Waals surface area contributed by atoms with E-state index in [1.807, 2.05) is 36.4 Å². The summed E-state index contributed by atoms with van der Waals surface area (Å²) in [5.74, 6) is 0.809. The van der Waals surface area contributed by atoms with Crippen LogP contribution in [0.3, 0.4) is 0 Å². The number of hydrogen-bond acceptors (Lipinski definition) is 4. The van der Waals surface area contributed by atoms with Crippen molar-refractivity contribution in [3.8, 4) is 5.75 Å². The molecule has 30 heavy (non-hydrogen) atoms. The van der Waals surface area contributed by atoms with Gasteiger partial charge in [0.05, 0.1) is 11.9 Å². The molecule has 3 rings (SSSR count). The lowest BCUT2D eigenvalue weighted by Crippen LogP contribution is -2.34. The lowest BCUT2D eigenvalue weighted by Gasteiger charge is -2.13. The lowest BCUT2D eigenvalue weighted by molar-refractivity contribution is 0.210. The fourth-order valence-corrected chi connectivity index (χ4v) is 4.13. The molecule has 1 aliphatic carbocycles. The van der Waals surface area contributed by atoms with Gasteiger partial charge in [0.25, 0.3) is 0 Å². The second kappa shape index (κ2) is 10.4. The monoisotopic (exact) mass is 431 g/mol. The Kier molecular flexibility index (Phi) is 7.70. The maximum Gasteiger partial charge on any atom is 0.315 e. The van der Waals surface area contributed by atoms with E-state index in [1.54, 1.807) is 12.1 Å². The minimum absolute atomic E-state index is 0.0673. The summed E-state index contributed by atoms with van der Waals surface area (Å²) in [5, 5.41) is 5.64. The lowest BCUT2D eigenvalue weighted by atomic mass is 10.1. The first-order valence-electron chi connectivity index (χ1n) is 10.2. The molecular weight excluding hydrogens is 402 g/mol. The van der Waals surface area contributed by atoms with E-state index in [0.717, 1.165) is 29.7 Å². The van der Waals surface area contributed by atoms with E-state index in [-0.39, 0.29) is 11.8 Å². The van der Waals surface area contributed by atoms with Crippen molar-refractivity contribution >= 4 is 16.1 Å². The molecule has 0 aliphatic heterocycles. The topological polar surface area (TPSA) is 96.5 Å². The summed E-state index contributed by atoms with van der Waals surface area (Å²) in [7, 11) is -1.90. The van der Waals surface area contributed by atoms with Gasteiger partial charge >= 0.3 is 6.03 Å². The number of amides is 2. The highest BCUT2D eigenvalue weighted by Crippen LogP contribution is 2.24. The number of sulfonamides is 1. The summed E-state index contributed by atoms with van der Waals surface area (Å²) in [6.45, 7) is 0.787. The van der Waals surface area contributed by atoms with Crippen LogP contribution in [0.2, 0.25) is 0 Å². The number of benzene rings is 2. The van der Waals surface area contributed by atoms with Crippen LogP contribution in [-0.4, -0.2) is 27.6 Å². The Morgan fingerprint density at radius 1 is 0.900 bits per heavy atom. The molecule has 2 aromatic rings. The fraction of sp³-hybridized carbons (Fsp3) is 0.409. The van der Waals surface area contributed by atoms with Crippen LogP contribution in [0.4, 0.5) is 4.79 Å². The van der Waals surface area contributed by atoms with Crippen molar-refractivity contribution in [2.75, 3.05) is 7.05 Å². The van der Waals surface area contributed by atoms with E-state index in [9.17, 15) is 13.2 Å². The first-order valence-corrected chi connectivity index (χ1v) is 11.8. The molecule has 0 saturated heterocycles. The summed E-state index contributed by atoms with van der Waals surface area (Å²) in [6.07, 6.45) is 5.07. The van der Waals surface area contributed by atoms with E-state index >= 15 is 0 Å². The molecule has 1 saturated carbocycles. The van der Waals surface area contributed by atoms with Crippen LogP contribution in [0.15, 0.2) is 48.5 Å². The van der Waals surface area contributed by atoms with Crippen molar-refractivity contribution in [2.24, 2.45) is 0 Å². The second-order valence-corrected chi connectivity index (χ2v) is 9.41. The zero-order valence-corrected chi connectivity index (χ0v) is 18.0. The van der Waals surface area contributed by atoms with Crippen molar-refractivity contribution in [2.45, 2.75) is 50.6 Å². The average molecular weight is 432 g/mol. The first kappa shape index (κ1) is 22.1. The minimum atomic E-state index is -3.29. The molecule has 0 aromatic heterocycles. The van der Waals surface area contributed by atoms with Crippen LogP contribution in [0.5, 0.6) is 5.75 Å². The Bertz CT molecular complexity index is 922. The Morgan fingerprint density at radius 2 is 1.40 bits per heavy atom. The molecule has 0 bridgehead atoms. The van der Waals surface area contributed by atoms with Crippen LogP contribution in [0.25, 0.3) is 0 Å². The van der Waals surface area contributed by atoms with Gasteiger partial charge in [0, 0.05) is 13.1 Å². The zero-order valence-electron chi connectivity index (χ0n) is 17.2. The molecule has 3 N–H and O–H groups in total. The summed E-state index contributed by atoms with van der Waals surface area (Å²) in [5.41, 5.74) is 2.58. The summed E-state index contributed by atoms with van der Waals surface area (Å²) in [6, 6.07) is 14.7. The highest BCUT2D eigenvalue weighted by molar-refractivity contribution is 7.88. The summed E-state index contributed by atoms with van der Waals surface area (Å²) in [4.78, 5) is 12.0. The van der Waals surface area contributed by atoms with Crippen molar-refractivity contribution in [1.29, 1.82) is 0 Å². The molecule has 1 fully saturated rings. The summed E-state index contributed by atoms with van der Waals surface area (Å²) < 4.78 is 31.4. The number of rotatable bonds is 9. The number of carbonyl (C=O) groups excluding carboxylic acids is 1. The molecule has 2 amide bonds. The Morgan fingerprint density at radius 3 is 1.93 bits per heavy atom. The van der Waals surface area contributed by atoms with Crippen molar-refractivity contribution in [1.82, 2.24) is 15.4 Å². The third-order valence-electron chi connectivity index (χ3n) is 5.13. The maximum atomic E-state index is 12.0. The molecule has 0 unspecified atom stereocenters. The van der Waals surface area contributed by atoms with Gasteiger partial charge in [0.15, 0.2) is 0 Å². The molecule has 162 valence electrons. The number of hydrogen-bond donors (Lipinski definition) is 3. The molecule has 0 atom stereocenters. The highest BCUT2D eigenvalue weighted by Gasteiger charge is 2.16. The first-order chi connectivity index (χ1) is 14.4. The van der Waals surface area contributed by atoms with Gasteiger partial charge < -0.3 is 15.4 Å². The van der Waals surface area contributed by atoms with Crippen LogP contribution in [0, 0.1) is 0 Å². The van der Waals surface area contributed by atoms with Gasteiger partial charge in [-0.1, -0.05) is 36.4 Å². The van der Waals surface area contributed by atoms with Gasteiger partial charge in [-0.05, 0) is 61.6 Å². The van der Waals surface area contributed by atoms with Gasteiger partial charge in [-0.2, -0.15) is 0 Å². The van der Waals surface area contributed by atoms with Crippen LogP contribution in [0.1, 0.15) is 42.4 Å². The zero-order chi connectivity index (χ0) is 21.4. The minimum Gasteiger partial charge on any atom is -0.490 e. The van der Waals surface area contributed by atoms with Crippen molar-refractivity contribution < 1.29 is 17.9 Å². The predicted octanol–water partition coefficient (Wildman–Crippen LogP) is 3.06. The molecule has 0 radical (unpaired) electrons. The van der Waals surface area contributed by atoms with Gasteiger partial charge in [0.1, 0.15) is 5.75 Å². The number of carbonyl (C=O) groups is 1. The second-order valence-electron chi connectivity index (χ2n) is 7.48. The maximum absolute atomic E-state index is 12.0. The van der Waals surface area contributed by atoms with Gasteiger partial charge in [-0.15, -0.1) is 0 Å². The average Bonchev–Trinajstić information content (AvgIpc) is 3.25. The van der Waals surface area contributed by atoms with E-state index in [0.29, 0.717) is 24.8 Å². The van der Waals surface area contributed by atoms with E-state index in [2.05, 4.69) is 15.4 Å². The molecule has 1 aliphatic rings. The highest BCUT2D eigenvalue weighted by atomic mass is 32.2. The van der Waals surface area contributed by atoms with Crippen molar-refractivity contribution in [3.63, 3.8) is 0 Å². The fourth-order valence-electron chi connectivity index (χ4n) is 3.36. The van der Waals surface area contributed by atoms with Crippen LogP contribution < -0.4 is 20.1 Å². The Hall–Kier alpha value is -2.58. The summed E-state index contributed by atoms with van der Waals surface area (Å²) >= 11 is 0. The number of urea groups is 1. The van der Waals surface area contributed by atoms with Gasteiger partial charge in [-0.3, -0.25) is 0 Å². The molecule has 2 aromatic carbocycles. The third-order valence-corrected chi connectivity index (χ3v) is 6.46. The van der Waals surface area contributed by atoms with Gasteiger partial charge in [-0.25, -0.2) is 17.9 Å². The predicted molar refractivity (Wildman–Crippen MR) is 117 cm³/mol. The van der Waals surface area contributed by atoms with Gasteiger partial charge in [0.2, 0.25) is 10.0 Å². The third kappa shape index (κ3) is 7.03. The quantitative estimate of drug-likeness (QED) is 0.569. The van der Waals surface area contributed by atoms with Crippen molar-refractivity contribution in [3.05, 3.63) is 65.2 Å². The molecule has 8 heteroatoms.